The fourth-order valence-corrected chi connectivity index (χ4v) is 5.24. The molecule has 39 heavy (non-hydrogen) atoms. The number of amidine groups is 2. The second-order valence-corrected chi connectivity index (χ2v) is 9.85. The maximum absolute atomic E-state index is 13.0. The standard InChI is InChI=1S/C29H27N5O4S/c1-38-24-14-8-7-13-22(24)31-26(36)18-39-29-32-21-12-6-5-11-20(21)27-33-28(37)23(34(27)29)15-16-25(35)30-17-19-9-3-2-4-10-19/h2-14,23H,15-18H2,1H3,(H,30,35)(H,31,36). The molecular weight excluding hydrogens is 514 g/mol. The minimum Gasteiger partial charge on any atom is -0.495 e. The van der Waals surface area contributed by atoms with Gasteiger partial charge in [0.15, 0.2) is 5.17 Å². The number of carbonyl (C=O) groups excluding carboxylic acids is 3. The van der Waals surface area contributed by atoms with Crippen LogP contribution < -0.4 is 15.4 Å². The van der Waals surface area contributed by atoms with Gasteiger partial charge in [-0.1, -0.05) is 66.4 Å². The minimum atomic E-state index is -0.681. The predicted molar refractivity (Wildman–Crippen MR) is 152 cm³/mol. The molecule has 0 radical (unpaired) electrons. The number of anilines is 1. The number of nitrogens with one attached hydrogen (secondary N) is 2. The van der Waals surface area contributed by atoms with Crippen LogP contribution in [0.2, 0.25) is 0 Å². The van der Waals surface area contributed by atoms with Crippen LogP contribution in [-0.4, -0.2) is 52.5 Å². The van der Waals surface area contributed by atoms with Gasteiger partial charge in [-0.15, -0.1) is 0 Å². The minimum absolute atomic E-state index is 0.0568. The molecule has 2 heterocycles. The van der Waals surface area contributed by atoms with E-state index in [4.69, 9.17) is 9.73 Å². The third kappa shape index (κ3) is 6.01. The summed E-state index contributed by atoms with van der Waals surface area (Å²) in [4.78, 5) is 49.3. The van der Waals surface area contributed by atoms with Gasteiger partial charge in [-0.25, -0.2) is 4.99 Å². The molecule has 0 fully saturated rings. The molecule has 0 aromatic heterocycles. The molecule has 1 atom stereocenters. The lowest BCUT2D eigenvalue weighted by Gasteiger charge is -2.31. The number of hydrogen-bond acceptors (Lipinski definition) is 7. The summed E-state index contributed by atoms with van der Waals surface area (Å²) >= 11 is 1.22. The smallest absolute Gasteiger partial charge is 0.270 e. The fourth-order valence-electron chi connectivity index (χ4n) is 4.39. The van der Waals surface area contributed by atoms with E-state index in [1.807, 2.05) is 66.7 Å². The van der Waals surface area contributed by atoms with Gasteiger partial charge < -0.3 is 15.4 Å². The van der Waals surface area contributed by atoms with Crippen LogP contribution >= 0.6 is 11.8 Å². The third-order valence-corrected chi connectivity index (χ3v) is 7.25. The van der Waals surface area contributed by atoms with Gasteiger partial charge in [-0.05, 0) is 36.2 Å². The highest BCUT2D eigenvalue weighted by Gasteiger charge is 2.41. The van der Waals surface area contributed by atoms with Gasteiger partial charge in [-0.3, -0.25) is 19.3 Å². The Hall–Kier alpha value is -4.44. The van der Waals surface area contributed by atoms with Crippen molar-refractivity contribution in [1.82, 2.24) is 10.2 Å². The Morgan fingerprint density at radius 3 is 2.51 bits per heavy atom. The Balaban J connectivity index is 1.28. The lowest BCUT2D eigenvalue weighted by atomic mass is 10.1. The fraction of sp³-hybridized carbons (Fsp3) is 0.207. The van der Waals surface area contributed by atoms with Crippen molar-refractivity contribution in [2.24, 2.45) is 9.98 Å². The lowest BCUT2D eigenvalue weighted by molar-refractivity contribution is -0.122. The number of nitrogens with zero attached hydrogens (tertiary/aromatic N) is 3. The molecule has 0 saturated heterocycles. The van der Waals surface area contributed by atoms with E-state index in [1.165, 1.54) is 11.8 Å². The summed E-state index contributed by atoms with van der Waals surface area (Å²) in [5, 5.41) is 6.25. The van der Waals surface area contributed by atoms with Gasteiger partial charge in [0.25, 0.3) is 5.91 Å². The van der Waals surface area contributed by atoms with Crippen LogP contribution in [-0.2, 0) is 20.9 Å². The van der Waals surface area contributed by atoms with Crippen molar-refractivity contribution >= 4 is 51.9 Å². The molecule has 9 nitrogen and oxygen atoms in total. The second kappa shape index (κ2) is 12.0. The lowest BCUT2D eigenvalue weighted by Crippen LogP contribution is -2.44. The SMILES string of the molecule is COc1ccccc1NC(=O)CSC1=Nc2ccccc2C2=NC(=O)C(CCC(=O)NCc3ccccc3)N12. The number of benzene rings is 3. The number of para-hydroxylation sites is 3. The zero-order valence-electron chi connectivity index (χ0n) is 21.3. The van der Waals surface area contributed by atoms with Crippen LogP contribution in [0.3, 0.4) is 0 Å². The van der Waals surface area contributed by atoms with E-state index in [-0.39, 0.29) is 36.3 Å². The molecule has 2 aliphatic heterocycles. The van der Waals surface area contributed by atoms with E-state index in [0.717, 1.165) is 11.1 Å². The van der Waals surface area contributed by atoms with Gasteiger partial charge in [-0.2, -0.15) is 4.99 Å². The van der Waals surface area contributed by atoms with Crippen molar-refractivity contribution in [2.75, 3.05) is 18.2 Å². The van der Waals surface area contributed by atoms with Crippen molar-refractivity contribution in [2.45, 2.75) is 25.4 Å². The van der Waals surface area contributed by atoms with Crippen LogP contribution in [0.15, 0.2) is 88.8 Å². The maximum atomic E-state index is 13.0. The topological polar surface area (TPSA) is 112 Å². The number of aliphatic imine (C=N–C) groups is 2. The first-order valence-corrected chi connectivity index (χ1v) is 13.5. The molecule has 2 aliphatic rings. The van der Waals surface area contributed by atoms with Crippen molar-refractivity contribution in [3.63, 3.8) is 0 Å². The van der Waals surface area contributed by atoms with Gasteiger partial charge in [0.05, 0.1) is 24.2 Å². The average molecular weight is 542 g/mol. The van der Waals surface area contributed by atoms with Crippen LogP contribution in [0.25, 0.3) is 0 Å². The Morgan fingerprint density at radius 1 is 0.949 bits per heavy atom. The van der Waals surface area contributed by atoms with E-state index in [9.17, 15) is 14.4 Å². The van der Waals surface area contributed by atoms with Gasteiger partial charge in [0.1, 0.15) is 17.6 Å². The van der Waals surface area contributed by atoms with Crippen LogP contribution in [0.5, 0.6) is 5.75 Å². The predicted octanol–water partition coefficient (Wildman–Crippen LogP) is 4.12. The van der Waals surface area contributed by atoms with Gasteiger partial charge >= 0.3 is 0 Å². The molecule has 3 amide bonds. The average Bonchev–Trinajstić information content (AvgIpc) is 3.30. The van der Waals surface area contributed by atoms with Gasteiger partial charge in [0, 0.05) is 18.5 Å². The highest BCUT2D eigenvalue weighted by molar-refractivity contribution is 8.14. The van der Waals surface area contributed by atoms with E-state index < -0.39 is 6.04 Å². The Bertz CT molecular complexity index is 1460. The number of ether oxygens (including phenoxy) is 1. The van der Waals surface area contributed by atoms with E-state index in [1.54, 1.807) is 24.1 Å². The van der Waals surface area contributed by atoms with E-state index in [0.29, 0.717) is 34.7 Å². The summed E-state index contributed by atoms with van der Waals surface area (Å²) < 4.78 is 5.31. The first kappa shape index (κ1) is 26.2. The number of hydrogen-bond donors (Lipinski definition) is 2. The van der Waals surface area contributed by atoms with Crippen molar-refractivity contribution in [1.29, 1.82) is 0 Å². The normalized spacial score (nSPS) is 15.6. The highest BCUT2D eigenvalue weighted by atomic mass is 32.2. The summed E-state index contributed by atoms with van der Waals surface area (Å²) in [7, 11) is 1.54. The largest absolute Gasteiger partial charge is 0.495 e. The maximum Gasteiger partial charge on any atom is 0.270 e. The first-order valence-electron chi connectivity index (χ1n) is 12.5. The van der Waals surface area contributed by atoms with Crippen LogP contribution in [0.4, 0.5) is 11.4 Å². The summed E-state index contributed by atoms with van der Waals surface area (Å²) in [6.07, 6.45) is 0.415. The molecule has 3 aromatic rings. The summed E-state index contributed by atoms with van der Waals surface area (Å²) in [6.45, 7) is 0.418. The summed E-state index contributed by atoms with van der Waals surface area (Å²) in [5.41, 5.74) is 2.98. The molecule has 0 bridgehead atoms. The number of amides is 3. The molecule has 5 rings (SSSR count). The zero-order valence-corrected chi connectivity index (χ0v) is 22.1. The Morgan fingerprint density at radius 2 is 1.69 bits per heavy atom. The quantitative estimate of drug-likeness (QED) is 0.422. The van der Waals surface area contributed by atoms with Crippen LogP contribution in [0, 0.1) is 0 Å². The molecule has 1 unspecified atom stereocenters. The number of carbonyl (C=O) groups is 3. The summed E-state index contributed by atoms with van der Waals surface area (Å²) in [6, 6.07) is 23.6. The molecule has 3 aromatic carbocycles. The Labute approximate surface area is 230 Å². The zero-order chi connectivity index (χ0) is 27.2. The van der Waals surface area contributed by atoms with Crippen molar-refractivity contribution < 1.29 is 19.1 Å². The number of fused-ring (bicyclic) bond motifs is 3. The number of methoxy groups -OCH3 is 1. The number of thioether (sulfide) groups is 1. The van der Waals surface area contributed by atoms with Crippen LogP contribution in [0.1, 0.15) is 24.0 Å². The van der Waals surface area contributed by atoms with Gasteiger partial charge in [0.2, 0.25) is 11.8 Å². The first-order chi connectivity index (χ1) is 19.0. The molecule has 0 saturated carbocycles. The third-order valence-electron chi connectivity index (χ3n) is 6.30. The summed E-state index contributed by atoms with van der Waals surface area (Å²) in [5.74, 6) is 0.385. The molecule has 2 N–H and O–H groups in total. The second-order valence-electron chi connectivity index (χ2n) is 8.91. The van der Waals surface area contributed by atoms with E-state index in [2.05, 4.69) is 15.6 Å². The Kier molecular flexibility index (Phi) is 8.02. The molecule has 0 aliphatic carbocycles. The van der Waals surface area contributed by atoms with E-state index >= 15 is 0 Å². The highest BCUT2D eigenvalue weighted by Crippen LogP contribution is 2.35. The molecule has 0 spiro atoms. The van der Waals surface area contributed by atoms with Crippen molar-refractivity contribution in [3.8, 4) is 5.75 Å². The van der Waals surface area contributed by atoms with Crippen molar-refractivity contribution in [3.05, 3.63) is 90.0 Å². The number of rotatable bonds is 9. The molecular formula is C29H27N5O4S. The molecule has 10 heteroatoms. The monoisotopic (exact) mass is 541 g/mol. The molecule has 198 valence electrons.